The zero-order chi connectivity index (χ0) is 45.2. The molecule has 4 aliphatic rings. The highest BCUT2D eigenvalue weighted by Crippen LogP contribution is 2.30. The first-order valence-corrected chi connectivity index (χ1v) is 19.9. The van der Waals surface area contributed by atoms with Crippen LogP contribution in [0.15, 0.2) is 46.6 Å². The number of carboxylic acid groups (broad SMARTS) is 1. The van der Waals surface area contributed by atoms with Crippen molar-refractivity contribution in [3.63, 3.8) is 0 Å². The molecular weight excluding hydrogens is 831 g/mol. The fourth-order valence-electron chi connectivity index (χ4n) is 5.57. The number of rotatable bonds is 11. The highest BCUT2D eigenvalue weighted by atomic mass is 32.2. The molecule has 0 saturated carbocycles. The molecule has 2 fully saturated rings. The molecule has 2 saturated heterocycles. The van der Waals surface area contributed by atoms with Gasteiger partial charge in [0, 0.05) is 26.9 Å². The van der Waals surface area contributed by atoms with Crippen molar-refractivity contribution in [3.05, 3.63) is 48.0 Å². The lowest BCUT2D eigenvalue weighted by Gasteiger charge is -2.32. The summed E-state index contributed by atoms with van der Waals surface area (Å²) in [7, 11) is -1.73. The van der Waals surface area contributed by atoms with Crippen LogP contribution in [-0.2, 0) is 34.8 Å². The molecule has 1 unspecified atom stereocenters. The Labute approximate surface area is 352 Å². The number of anilines is 4. The third-order valence-corrected chi connectivity index (χ3v) is 10.3. The van der Waals surface area contributed by atoms with Crippen LogP contribution in [-0.4, -0.2) is 142 Å². The van der Waals surface area contributed by atoms with Crippen LogP contribution in [0, 0.1) is 11.6 Å². The first-order chi connectivity index (χ1) is 28.5. The molecule has 4 heterocycles. The molecule has 0 bridgehead atoms. The number of aliphatic hydroxyl groups is 2. The van der Waals surface area contributed by atoms with E-state index < -0.39 is 63.5 Å². The number of amides is 4. The maximum absolute atomic E-state index is 14.8. The van der Waals surface area contributed by atoms with Gasteiger partial charge in [-0.05, 0) is 64.1 Å². The number of carbonyl (C=O) groups is 5. The number of aliphatic carboxylic acids is 1. The maximum atomic E-state index is 14.8. The Hall–Kier alpha value is -6.14. The summed E-state index contributed by atoms with van der Waals surface area (Å²) in [6, 6.07) is 8.91. The molecule has 4 amide bonds. The van der Waals surface area contributed by atoms with Crippen LogP contribution < -0.4 is 35.7 Å². The van der Waals surface area contributed by atoms with E-state index in [0.29, 0.717) is 36.7 Å². The molecule has 2 aromatic carbocycles. The number of nitrogens with one attached hydrogen (secondary N) is 3. The Kier molecular flexibility index (Phi) is 15.9. The van der Waals surface area contributed by atoms with Gasteiger partial charge in [0.05, 0.1) is 62.0 Å². The van der Waals surface area contributed by atoms with E-state index in [4.69, 9.17) is 19.7 Å². The van der Waals surface area contributed by atoms with Gasteiger partial charge >= 0.3 is 18.2 Å². The molecule has 0 radical (unpaired) electrons. The minimum atomic E-state index is -1.73. The summed E-state index contributed by atoms with van der Waals surface area (Å²) in [5.74, 6) is -2.63. The van der Waals surface area contributed by atoms with Crippen LogP contribution >= 0.6 is 0 Å². The van der Waals surface area contributed by atoms with Crippen LogP contribution in [0.2, 0.25) is 0 Å². The molecule has 2 aromatic rings. The number of halogens is 2. The van der Waals surface area contributed by atoms with Gasteiger partial charge in [0.15, 0.2) is 21.5 Å². The Bertz CT molecular complexity index is 2030. The van der Waals surface area contributed by atoms with E-state index in [-0.39, 0.29) is 50.2 Å². The Morgan fingerprint density at radius 3 is 1.62 bits per heavy atom. The van der Waals surface area contributed by atoms with E-state index in [2.05, 4.69) is 26.3 Å². The zero-order valence-corrected chi connectivity index (χ0v) is 35.1. The lowest BCUT2D eigenvalue weighted by atomic mass is 10.1. The minimum absolute atomic E-state index is 0.185. The zero-order valence-electron chi connectivity index (χ0n) is 34.3. The van der Waals surface area contributed by atoms with Crippen LogP contribution in [0.25, 0.3) is 0 Å². The molecule has 334 valence electrons. The highest BCUT2D eigenvalue weighted by Gasteiger charge is 2.35. The van der Waals surface area contributed by atoms with Gasteiger partial charge in [0.25, 0.3) is 0 Å². The summed E-state index contributed by atoms with van der Waals surface area (Å²) in [5, 5.41) is 39.5. The SMILES string of the molecule is CC(=O)NC[C@H]1CN(c2ccc(N3C=NN(S(=O)C(C)(C)O)CC3)c(F)c2)C(=O)O1.CC(=O)NC[C@H]1CN(c2ccc(N3C=NNCC3)c(F)c2)C(=O)O1.CC(C)(O)C(=O)O. The molecule has 6 N–H and O–H groups in total. The predicted octanol–water partition coefficient (Wildman–Crippen LogP) is 1.23. The van der Waals surface area contributed by atoms with Crippen LogP contribution in [0.1, 0.15) is 41.5 Å². The second-order valence-electron chi connectivity index (χ2n) is 14.8. The van der Waals surface area contributed by atoms with Gasteiger partial charge in [-0.25, -0.2) is 31.8 Å². The summed E-state index contributed by atoms with van der Waals surface area (Å²) in [4.78, 5) is 60.2. The molecular formula is C37H50F2N10O11S. The van der Waals surface area contributed by atoms with Crippen molar-refractivity contribution in [1.82, 2.24) is 20.5 Å². The quantitative estimate of drug-likeness (QED) is 0.186. The first kappa shape index (κ1) is 47.5. The number of cyclic esters (lactones) is 2. The average Bonchev–Trinajstić information content (AvgIpc) is 3.77. The van der Waals surface area contributed by atoms with Crippen LogP contribution in [0.4, 0.5) is 41.1 Å². The van der Waals surface area contributed by atoms with E-state index >= 15 is 0 Å². The van der Waals surface area contributed by atoms with Gasteiger partial charge in [-0.1, -0.05) is 0 Å². The molecule has 0 aromatic heterocycles. The summed E-state index contributed by atoms with van der Waals surface area (Å²) < 4.78 is 52.9. The molecule has 21 nitrogen and oxygen atoms in total. The lowest BCUT2D eigenvalue weighted by molar-refractivity contribution is -0.154. The Morgan fingerprint density at radius 2 is 1.28 bits per heavy atom. The molecule has 0 aliphatic carbocycles. The summed E-state index contributed by atoms with van der Waals surface area (Å²) in [6.45, 7) is 10.7. The van der Waals surface area contributed by atoms with Crippen LogP contribution in [0.5, 0.6) is 0 Å². The Balaban J connectivity index is 0.000000236. The van der Waals surface area contributed by atoms with E-state index in [1.165, 1.54) is 86.6 Å². The summed E-state index contributed by atoms with van der Waals surface area (Å²) in [6.07, 6.45) is 0.738. The molecule has 61 heavy (non-hydrogen) atoms. The predicted molar refractivity (Wildman–Crippen MR) is 220 cm³/mol. The fraction of sp³-hybridized carbons (Fsp3) is 0.486. The van der Waals surface area contributed by atoms with Crippen molar-refractivity contribution in [2.45, 2.75) is 64.3 Å². The third kappa shape index (κ3) is 13.4. The normalized spacial score (nSPS) is 19.1. The second kappa shape index (κ2) is 20.4. The van der Waals surface area contributed by atoms with Crippen molar-refractivity contribution >= 4 is 76.4 Å². The number of benzene rings is 2. The van der Waals surface area contributed by atoms with Crippen LogP contribution in [0.3, 0.4) is 0 Å². The van der Waals surface area contributed by atoms with Crippen molar-refractivity contribution in [2.24, 2.45) is 10.2 Å². The molecule has 4 aliphatic heterocycles. The van der Waals surface area contributed by atoms with E-state index in [0.717, 1.165) is 0 Å². The van der Waals surface area contributed by atoms with E-state index in [1.807, 2.05) is 0 Å². The largest absolute Gasteiger partial charge is 0.479 e. The third-order valence-electron chi connectivity index (χ3n) is 8.76. The molecule has 24 heteroatoms. The van der Waals surface area contributed by atoms with Gasteiger partial charge < -0.3 is 50.7 Å². The van der Waals surface area contributed by atoms with Gasteiger partial charge in [-0.15, -0.1) is 0 Å². The van der Waals surface area contributed by atoms with Crippen molar-refractivity contribution in [1.29, 1.82) is 0 Å². The number of carboxylic acids is 1. The smallest absolute Gasteiger partial charge is 0.414 e. The van der Waals surface area contributed by atoms with E-state index in [9.17, 15) is 42.1 Å². The summed E-state index contributed by atoms with van der Waals surface area (Å²) >= 11 is 0. The molecule has 3 atom stereocenters. The van der Waals surface area contributed by atoms with Crippen molar-refractivity contribution in [3.8, 4) is 0 Å². The van der Waals surface area contributed by atoms with Gasteiger partial charge in [-0.2, -0.15) is 10.2 Å². The number of ether oxygens (including phenoxy) is 2. The first-order valence-electron chi connectivity index (χ1n) is 18.8. The van der Waals surface area contributed by atoms with Gasteiger partial charge in [0.2, 0.25) is 11.8 Å². The number of nitrogens with zero attached hydrogens (tertiary/aromatic N) is 7. The highest BCUT2D eigenvalue weighted by molar-refractivity contribution is 7.83. The van der Waals surface area contributed by atoms with Crippen molar-refractivity contribution in [2.75, 3.05) is 72.0 Å². The second-order valence-corrected chi connectivity index (χ2v) is 16.7. The van der Waals surface area contributed by atoms with Gasteiger partial charge in [0.1, 0.15) is 36.5 Å². The topological polar surface area (TPSA) is 259 Å². The number of hydrogen-bond donors (Lipinski definition) is 6. The fourth-order valence-corrected chi connectivity index (χ4v) is 6.46. The van der Waals surface area contributed by atoms with Gasteiger partial charge in [-0.3, -0.25) is 19.4 Å². The molecule has 6 rings (SSSR count). The number of hydrazone groups is 2. The number of hydrogen-bond acceptors (Lipinski definition) is 15. The standard InChI is InChI=1S/C18H24FN5O5S.C15H18FN5O3.C4H8O3/c1-12(25)20-9-14-10-23(17(26)29-14)13-4-5-16(15(19)8-13)22-6-7-24(21-11-22)30(28)18(2,3)27;1-10(22)17-7-12-8-21(15(23)24-12)11-2-3-14(13(16)6-11)20-5-4-18-19-9-20;1-4(2,7)3(5)6/h4-5,8,11,14,27H,6-7,9-10H2,1-3H3,(H,20,25);2-3,6,9,12,18H,4-5,7-8H2,1H3,(H,17,22);7H,1-2H3,(H,5,6)/t14-,30?;12-;/m00./s1. The molecule has 0 spiro atoms. The lowest BCUT2D eigenvalue weighted by Crippen LogP contribution is -2.44. The average molecular weight is 881 g/mol. The maximum Gasteiger partial charge on any atom is 0.414 e. The summed E-state index contributed by atoms with van der Waals surface area (Å²) in [5.41, 5.74) is 2.61. The Morgan fingerprint density at radius 1 is 0.820 bits per heavy atom. The number of carbonyl (C=O) groups excluding carboxylic acids is 4. The van der Waals surface area contributed by atoms with Crippen molar-refractivity contribution < 1.29 is 61.8 Å². The van der Waals surface area contributed by atoms with E-state index in [1.54, 1.807) is 28.0 Å². The monoisotopic (exact) mass is 880 g/mol. The minimum Gasteiger partial charge on any atom is -0.479 e.